The zero-order valence-electron chi connectivity index (χ0n) is 30.1. The zero-order chi connectivity index (χ0) is 36.3. The number of nitrogens with one attached hydrogen (secondary N) is 1. The number of amides is 3. The molecule has 2 bridgehead atoms. The van der Waals surface area contributed by atoms with Gasteiger partial charge in [-0.1, -0.05) is 6.07 Å². The number of nitrogens with zero attached hydrogens (tertiary/aromatic N) is 4. The van der Waals surface area contributed by atoms with Gasteiger partial charge in [0, 0.05) is 31.9 Å². The van der Waals surface area contributed by atoms with Crippen LogP contribution in [-0.4, -0.2) is 98.8 Å². The van der Waals surface area contributed by atoms with E-state index < -0.39 is 29.7 Å². The number of aryl methyl sites for hydroxylation is 1. The second-order valence-electron chi connectivity index (χ2n) is 14.5. The van der Waals surface area contributed by atoms with Crippen molar-refractivity contribution < 1.29 is 38.4 Å². The fourth-order valence-electron chi connectivity index (χ4n) is 7.10. The van der Waals surface area contributed by atoms with Gasteiger partial charge in [0.2, 0.25) is 0 Å². The normalized spacial score (nSPS) is 20.6. The van der Waals surface area contributed by atoms with E-state index in [2.05, 4.69) is 10.4 Å². The summed E-state index contributed by atoms with van der Waals surface area (Å²) in [7, 11) is 1.85. The van der Waals surface area contributed by atoms with Crippen molar-refractivity contribution in [1.82, 2.24) is 24.9 Å². The first-order chi connectivity index (χ1) is 24.4. The van der Waals surface area contributed by atoms with Crippen LogP contribution in [-0.2, 0) is 36.1 Å². The maximum Gasteiger partial charge on any atom is 0.410 e. The van der Waals surface area contributed by atoms with Crippen molar-refractivity contribution in [2.45, 2.75) is 96.4 Å². The molecule has 0 radical (unpaired) electrons. The van der Waals surface area contributed by atoms with Crippen molar-refractivity contribution in [2.24, 2.45) is 7.05 Å². The molecule has 0 spiro atoms. The third-order valence-electron chi connectivity index (χ3n) is 9.69. The topological polar surface area (TPSA) is 145 Å². The fourth-order valence-corrected chi connectivity index (χ4v) is 7.10. The summed E-state index contributed by atoms with van der Waals surface area (Å²) in [6, 6.07) is 11.9. The molecular weight excluding hydrogens is 654 g/mol. The third-order valence-corrected chi connectivity index (χ3v) is 9.69. The summed E-state index contributed by atoms with van der Waals surface area (Å²) in [4.78, 5) is 44.1. The van der Waals surface area contributed by atoms with Gasteiger partial charge in [-0.25, -0.2) is 4.79 Å². The second kappa shape index (κ2) is 15.3. The Morgan fingerprint density at radius 2 is 1.80 bits per heavy atom. The number of hydrogen-bond donors (Lipinski definition) is 2. The van der Waals surface area contributed by atoms with Crippen LogP contribution in [0.3, 0.4) is 0 Å². The van der Waals surface area contributed by atoms with E-state index in [0.717, 1.165) is 36.1 Å². The van der Waals surface area contributed by atoms with E-state index in [9.17, 15) is 19.5 Å². The molecule has 4 atom stereocenters. The average molecular weight is 704 g/mol. The van der Waals surface area contributed by atoms with Crippen molar-refractivity contribution in [3.05, 3.63) is 76.6 Å². The summed E-state index contributed by atoms with van der Waals surface area (Å²) in [5.74, 6) is 0.381. The van der Waals surface area contributed by atoms with Gasteiger partial charge in [-0.05, 0) is 101 Å². The maximum absolute atomic E-state index is 13.6. The molecule has 2 aromatic carbocycles. The zero-order valence-corrected chi connectivity index (χ0v) is 30.1. The third kappa shape index (κ3) is 8.31. The molecule has 274 valence electrons. The minimum Gasteiger partial charge on any atom is -0.493 e. The molecule has 0 saturated carbocycles. The number of benzene rings is 2. The molecule has 2 saturated heterocycles. The molecule has 13 nitrogen and oxygen atoms in total. The van der Waals surface area contributed by atoms with Gasteiger partial charge in [-0.2, -0.15) is 5.10 Å². The molecule has 4 heterocycles. The molecule has 3 amide bonds. The molecule has 0 aliphatic carbocycles. The Morgan fingerprint density at radius 3 is 2.49 bits per heavy atom. The Balaban J connectivity index is 1.15. The van der Waals surface area contributed by atoms with E-state index in [1.165, 1.54) is 4.90 Å². The van der Waals surface area contributed by atoms with Crippen LogP contribution in [0.15, 0.2) is 48.7 Å². The second-order valence-corrected chi connectivity index (χ2v) is 14.5. The van der Waals surface area contributed by atoms with Crippen LogP contribution in [0, 0.1) is 0 Å². The smallest absolute Gasteiger partial charge is 0.410 e. The summed E-state index contributed by atoms with van der Waals surface area (Å²) < 4.78 is 25.1. The van der Waals surface area contributed by atoms with Crippen LogP contribution in [0.4, 0.5) is 4.79 Å². The van der Waals surface area contributed by atoms with E-state index in [-0.39, 0.29) is 42.4 Å². The molecule has 3 aliphatic heterocycles. The molecule has 3 aliphatic rings. The molecule has 6 rings (SSSR count). The molecule has 1 aromatic heterocycles. The van der Waals surface area contributed by atoms with Gasteiger partial charge in [-0.3, -0.25) is 19.2 Å². The number of carbonyl (C=O) groups excluding carboxylic acids is 3. The van der Waals surface area contributed by atoms with E-state index in [1.54, 1.807) is 49.8 Å². The number of rotatable bonds is 10. The van der Waals surface area contributed by atoms with Gasteiger partial charge in [-0.15, -0.1) is 0 Å². The van der Waals surface area contributed by atoms with Gasteiger partial charge in [0.1, 0.15) is 23.7 Å². The highest BCUT2D eigenvalue weighted by Gasteiger charge is 2.39. The van der Waals surface area contributed by atoms with Crippen molar-refractivity contribution in [3.63, 3.8) is 0 Å². The number of aromatic nitrogens is 2. The number of aliphatic hydroxyl groups is 1. The summed E-state index contributed by atoms with van der Waals surface area (Å²) in [5.41, 5.74) is 2.71. The van der Waals surface area contributed by atoms with Gasteiger partial charge in [0.05, 0.1) is 55.3 Å². The summed E-state index contributed by atoms with van der Waals surface area (Å²) in [6.45, 7) is 8.95. The van der Waals surface area contributed by atoms with Gasteiger partial charge >= 0.3 is 6.09 Å². The Morgan fingerprint density at radius 1 is 1.04 bits per heavy atom. The van der Waals surface area contributed by atoms with Crippen LogP contribution in [0.25, 0.3) is 0 Å². The lowest BCUT2D eigenvalue weighted by atomic mass is 9.91. The molecule has 2 fully saturated rings. The molecule has 13 heteroatoms. The van der Waals surface area contributed by atoms with Crippen molar-refractivity contribution in [2.75, 3.05) is 26.4 Å². The largest absolute Gasteiger partial charge is 0.493 e. The molecule has 2 unspecified atom stereocenters. The number of carbonyl (C=O) groups is 3. The first-order valence-electron chi connectivity index (χ1n) is 17.8. The summed E-state index contributed by atoms with van der Waals surface area (Å²) in [5, 5.41) is 18.5. The average Bonchev–Trinajstić information content (AvgIpc) is 3.51. The lowest BCUT2D eigenvalue weighted by Crippen LogP contribution is -2.57. The lowest BCUT2D eigenvalue weighted by Gasteiger charge is -2.45. The fraction of sp³-hybridized carbons (Fsp3) is 0.526. The minimum absolute atomic E-state index is 0.0460. The molecule has 51 heavy (non-hydrogen) atoms. The van der Waals surface area contributed by atoms with Gasteiger partial charge < -0.3 is 34.3 Å². The first-order valence-corrected chi connectivity index (χ1v) is 17.8. The van der Waals surface area contributed by atoms with Crippen LogP contribution in [0.5, 0.6) is 11.5 Å². The highest BCUT2D eigenvalue weighted by atomic mass is 16.6. The Hall–Kier alpha value is -4.62. The first kappa shape index (κ1) is 36.2. The lowest BCUT2D eigenvalue weighted by molar-refractivity contribution is -0.0566. The van der Waals surface area contributed by atoms with Crippen molar-refractivity contribution >= 4 is 17.9 Å². The highest BCUT2D eigenvalue weighted by molar-refractivity contribution is 6.00. The number of aliphatic hydroxyl groups excluding tert-OH is 1. The highest BCUT2D eigenvalue weighted by Crippen LogP contribution is 2.32. The Bertz CT molecular complexity index is 1710. The van der Waals surface area contributed by atoms with Crippen LogP contribution < -0.4 is 14.8 Å². The number of ether oxygens (including phenoxy) is 4. The molecular formula is C38H49N5O8. The number of morpholine rings is 1. The summed E-state index contributed by atoms with van der Waals surface area (Å²) >= 11 is 0. The predicted octanol–water partition coefficient (Wildman–Crippen LogP) is 4.24. The SMILES string of the molecule is CCOc1cc(C(=O)N2C3CCCC2COC3)ccc1C(=O)NC[C@@H](O)[C@@H]1Cc2ccc(OCc3ccnn3C)cc2CN1C(=O)OC(C)(C)C. The Kier molecular flexibility index (Phi) is 10.9. The number of piperidine rings is 1. The van der Waals surface area contributed by atoms with Crippen molar-refractivity contribution in [1.29, 1.82) is 0 Å². The monoisotopic (exact) mass is 703 g/mol. The quantitative estimate of drug-likeness (QED) is 0.317. The number of hydrogen-bond acceptors (Lipinski definition) is 9. The van der Waals surface area contributed by atoms with E-state index in [4.69, 9.17) is 18.9 Å². The van der Waals surface area contributed by atoms with Crippen molar-refractivity contribution in [3.8, 4) is 11.5 Å². The standard InChI is InChI=1S/C38H49N5O8/c1-6-49-34-18-25(36(46)43-28-8-7-9-29(43)22-48-21-28)11-13-31(34)35(45)39-19-33(44)32-17-24-10-12-30(50-23-27-14-15-40-41(27)5)16-26(24)20-42(32)37(47)51-38(2,3)4/h10-16,18,28-29,32-33,44H,6-9,17,19-23H2,1-5H3,(H,39,45)/t28?,29?,32-,33+/m0/s1. The van der Waals surface area contributed by atoms with Crippen LogP contribution >= 0.6 is 0 Å². The van der Waals surface area contributed by atoms with E-state index in [1.807, 2.05) is 43.1 Å². The predicted molar refractivity (Wildman–Crippen MR) is 188 cm³/mol. The van der Waals surface area contributed by atoms with E-state index >= 15 is 0 Å². The van der Waals surface area contributed by atoms with Gasteiger partial charge in [0.25, 0.3) is 11.8 Å². The number of fused-ring (bicyclic) bond motifs is 3. The summed E-state index contributed by atoms with van der Waals surface area (Å²) in [6.07, 6.45) is 3.26. The molecule has 2 N–H and O–H groups in total. The van der Waals surface area contributed by atoms with Gasteiger partial charge in [0.15, 0.2) is 0 Å². The molecule has 3 aromatic rings. The Labute approximate surface area is 298 Å². The minimum atomic E-state index is -1.12. The maximum atomic E-state index is 13.6. The van der Waals surface area contributed by atoms with Crippen LogP contribution in [0.1, 0.15) is 84.5 Å². The van der Waals surface area contributed by atoms with E-state index in [0.29, 0.717) is 44.2 Å². The van der Waals surface area contributed by atoms with Crippen LogP contribution in [0.2, 0.25) is 0 Å².